The van der Waals surface area contributed by atoms with Crippen LogP contribution >= 0.6 is 0 Å². The van der Waals surface area contributed by atoms with Crippen molar-refractivity contribution in [1.82, 2.24) is 4.98 Å². The summed E-state index contributed by atoms with van der Waals surface area (Å²) >= 11 is 0. The Hall–Kier alpha value is -5.60. The minimum atomic E-state index is 0.297. The van der Waals surface area contributed by atoms with E-state index in [1.807, 2.05) is 18.6 Å². The molecule has 6 aromatic carbocycles. The lowest BCUT2D eigenvalue weighted by molar-refractivity contribution is 0.768. The van der Waals surface area contributed by atoms with Gasteiger partial charge in [0.1, 0.15) is 0 Å². The molecule has 2 nitrogen and oxygen atoms in total. The first-order valence-electron chi connectivity index (χ1n) is 15.6. The van der Waals surface area contributed by atoms with Crippen molar-refractivity contribution in [3.63, 3.8) is 0 Å². The number of aliphatic imine (C=N–C) groups is 1. The van der Waals surface area contributed by atoms with Gasteiger partial charge in [0.2, 0.25) is 0 Å². The molecule has 0 bridgehead atoms. The molecule has 1 atom stereocenters. The standard InChI is InChI=1S/C43H32N2/c1-29-25-35(21-24-45-29)33-12-8-14-37(27-33)43-39-16-6-5-15-38(39)42(36-13-7-11-32(26-36)31-19-22-44-23-20-31)40-18-17-34(28-41(40)43)30-9-3-2-4-10-30/h2-24,26-29H,25H2,1H3. The smallest absolute Gasteiger partial charge is 0.0511 e. The van der Waals surface area contributed by atoms with Crippen molar-refractivity contribution in [2.75, 3.05) is 0 Å². The number of fused-ring (bicyclic) bond motifs is 2. The molecule has 0 spiro atoms. The van der Waals surface area contributed by atoms with Crippen LogP contribution in [0.3, 0.4) is 0 Å². The SMILES string of the molecule is CC1CC(c2cccc(-c3c4ccccc4c(-c4cccc(-c5ccncc5)c4)c4ccc(-c5ccccc5)cc34)c2)=CC=N1. The lowest BCUT2D eigenvalue weighted by Crippen LogP contribution is -2.04. The zero-order valence-corrected chi connectivity index (χ0v) is 25.2. The molecule has 8 rings (SSSR count). The van der Waals surface area contributed by atoms with E-state index in [-0.39, 0.29) is 0 Å². The van der Waals surface area contributed by atoms with E-state index in [2.05, 4.69) is 156 Å². The van der Waals surface area contributed by atoms with Crippen LogP contribution in [0.5, 0.6) is 0 Å². The summed E-state index contributed by atoms with van der Waals surface area (Å²) in [7, 11) is 0. The maximum Gasteiger partial charge on any atom is 0.0511 e. The van der Waals surface area contributed by atoms with Crippen molar-refractivity contribution in [2.45, 2.75) is 19.4 Å². The summed E-state index contributed by atoms with van der Waals surface area (Å²) in [6.45, 7) is 2.18. The second kappa shape index (κ2) is 11.5. The molecule has 2 heteroatoms. The molecule has 7 aromatic rings. The van der Waals surface area contributed by atoms with Gasteiger partial charge in [0.15, 0.2) is 0 Å². The number of rotatable bonds is 5. The van der Waals surface area contributed by atoms with Crippen LogP contribution in [0.4, 0.5) is 0 Å². The number of allylic oxidation sites excluding steroid dienone is 1. The second-order valence-electron chi connectivity index (χ2n) is 11.9. The number of hydrogen-bond acceptors (Lipinski definition) is 2. The van der Waals surface area contributed by atoms with Crippen LogP contribution in [0.25, 0.3) is 71.6 Å². The molecular formula is C43H32N2. The van der Waals surface area contributed by atoms with Gasteiger partial charge in [0, 0.05) is 18.6 Å². The Morgan fingerprint density at radius 2 is 1.02 bits per heavy atom. The predicted molar refractivity (Wildman–Crippen MR) is 192 cm³/mol. The van der Waals surface area contributed by atoms with E-state index in [9.17, 15) is 0 Å². The molecule has 0 amide bonds. The quantitative estimate of drug-likeness (QED) is 0.187. The first-order chi connectivity index (χ1) is 22.2. The highest BCUT2D eigenvalue weighted by Crippen LogP contribution is 2.45. The van der Waals surface area contributed by atoms with Crippen molar-refractivity contribution in [2.24, 2.45) is 4.99 Å². The van der Waals surface area contributed by atoms with Gasteiger partial charge in [0.25, 0.3) is 0 Å². The molecule has 0 fully saturated rings. The molecule has 0 N–H and O–H groups in total. The Bertz CT molecular complexity index is 2240. The number of pyridine rings is 1. The molecule has 0 radical (unpaired) electrons. The Morgan fingerprint density at radius 1 is 0.467 bits per heavy atom. The summed E-state index contributed by atoms with van der Waals surface area (Å²) in [4.78, 5) is 8.80. The summed E-state index contributed by atoms with van der Waals surface area (Å²) in [5, 5.41) is 5.01. The molecule has 45 heavy (non-hydrogen) atoms. The molecule has 214 valence electrons. The lowest BCUT2D eigenvalue weighted by atomic mass is 9.83. The van der Waals surface area contributed by atoms with Crippen LogP contribution in [-0.2, 0) is 0 Å². The number of aromatic nitrogens is 1. The highest BCUT2D eigenvalue weighted by atomic mass is 14.8. The Kier molecular flexibility index (Phi) is 6.88. The first-order valence-corrected chi connectivity index (χ1v) is 15.6. The molecule has 1 aliphatic heterocycles. The van der Waals surface area contributed by atoms with Gasteiger partial charge in [-0.1, -0.05) is 103 Å². The van der Waals surface area contributed by atoms with Gasteiger partial charge in [-0.2, -0.15) is 0 Å². The molecule has 0 saturated heterocycles. The van der Waals surface area contributed by atoms with E-state index in [1.54, 1.807) is 0 Å². The van der Waals surface area contributed by atoms with E-state index in [4.69, 9.17) is 0 Å². The topological polar surface area (TPSA) is 25.2 Å². The van der Waals surface area contributed by atoms with E-state index >= 15 is 0 Å². The molecule has 0 aliphatic carbocycles. The average Bonchev–Trinajstić information content (AvgIpc) is 3.11. The predicted octanol–water partition coefficient (Wildman–Crippen LogP) is 11.3. The number of nitrogens with zero attached hydrogens (tertiary/aromatic N) is 2. The normalized spacial score (nSPS) is 14.5. The Labute approximate surface area is 264 Å². The minimum absolute atomic E-state index is 0.297. The largest absolute Gasteiger partial charge is 0.290 e. The van der Waals surface area contributed by atoms with Crippen molar-refractivity contribution in [3.05, 3.63) is 157 Å². The van der Waals surface area contributed by atoms with Crippen molar-refractivity contribution >= 4 is 33.3 Å². The zero-order chi connectivity index (χ0) is 30.2. The number of hydrogen-bond donors (Lipinski definition) is 0. The van der Waals surface area contributed by atoms with Crippen molar-refractivity contribution in [3.8, 4) is 44.5 Å². The van der Waals surface area contributed by atoms with Crippen LogP contribution in [0, 0.1) is 0 Å². The van der Waals surface area contributed by atoms with Crippen LogP contribution < -0.4 is 0 Å². The fourth-order valence-electron chi connectivity index (χ4n) is 6.82. The van der Waals surface area contributed by atoms with Gasteiger partial charge in [-0.15, -0.1) is 0 Å². The Balaban J connectivity index is 1.43. The third kappa shape index (κ3) is 5.05. The summed E-state index contributed by atoms with van der Waals surface area (Å²) in [5.41, 5.74) is 12.3. The van der Waals surface area contributed by atoms with Gasteiger partial charge >= 0.3 is 0 Å². The second-order valence-corrected chi connectivity index (χ2v) is 11.9. The third-order valence-electron chi connectivity index (χ3n) is 8.95. The maximum atomic E-state index is 4.57. The minimum Gasteiger partial charge on any atom is -0.290 e. The van der Waals surface area contributed by atoms with Gasteiger partial charge in [0.05, 0.1) is 6.04 Å². The number of dihydropyridines is 1. The molecule has 1 aliphatic rings. The summed E-state index contributed by atoms with van der Waals surface area (Å²) < 4.78 is 0. The fourth-order valence-corrected chi connectivity index (χ4v) is 6.82. The average molecular weight is 577 g/mol. The van der Waals surface area contributed by atoms with Gasteiger partial charge < -0.3 is 0 Å². The Morgan fingerprint density at radius 3 is 1.76 bits per heavy atom. The fraction of sp³-hybridized carbons (Fsp3) is 0.0698. The van der Waals surface area contributed by atoms with Crippen LogP contribution in [0.15, 0.2) is 157 Å². The monoisotopic (exact) mass is 576 g/mol. The first kappa shape index (κ1) is 27.0. The van der Waals surface area contributed by atoms with Gasteiger partial charge in [-0.05, 0) is 127 Å². The summed E-state index contributed by atoms with van der Waals surface area (Å²) in [5.74, 6) is 0. The molecule has 1 aromatic heterocycles. The maximum absolute atomic E-state index is 4.57. The van der Waals surface area contributed by atoms with E-state index in [1.165, 1.54) is 71.6 Å². The van der Waals surface area contributed by atoms with Gasteiger partial charge in [-0.3, -0.25) is 9.98 Å². The van der Waals surface area contributed by atoms with E-state index < -0.39 is 0 Å². The highest BCUT2D eigenvalue weighted by Gasteiger charge is 2.19. The lowest BCUT2D eigenvalue weighted by Gasteiger charge is -2.20. The van der Waals surface area contributed by atoms with Gasteiger partial charge in [-0.25, -0.2) is 0 Å². The molecular weight excluding hydrogens is 544 g/mol. The van der Waals surface area contributed by atoms with Crippen molar-refractivity contribution in [1.29, 1.82) is 0 Å². The molecule has 2 heterocycles. The number of benzene rings is 6. The van der Waals surface area contributed by atoms with E-state index in [0.717, 1.165) is 12.0 Å². The molecule has 1 unspecified atom stereocenters. The summed E-state index contributed by atoms with van der Waals surface area (Å²) in [6.07, 6.45) is 8.80. The van der Waals surface area contributed by atoms with E-state index in [0.29, 0.717) is 6.04 Å². The summed E-state index contributed by atoms with van der Waals surface area (Å²) in [6, 6.07) is 49.0. The van der Waals surface area contributed by atoms with Crippen molar-refractivity contribution < 1.29 is 0 Å². The third-order valence-corrected chi connectivity index (χ3v) is 8.95. The highest BCUT2D eigenvalue weighted by molar-refractivity contribution is 6.22. The zero-order valence-electron chi connectivity index (χ0n) is 25.2. The molecule has 0 saturated carbocycles. The van der Waals surface area contributed by atoms with Crippen LogP contribution in [0.1, 0.15) is 18.9 Å². The van der Waals surface area contributed by atoms with Crippen LogP contribution in [-0.4, -0.2) is 17.2 Å². The van der Waals surface area contributed by atoms with Crippen LogP contribution in [0.2, 0.25) is 0 Å².